The molecule has 0 unspecified atom stereocenters. The molecule has 0 aliphatic heterocycles. The molecule has 24 heavy (non-hydrogen) atoms. The van der Waals surface area contributed by atoms with Gasteiger partial charge in [-0.2, -0.15) is 0 Å². The lowest BCUT2D eigenvalue weighted by atomic mass is 10.1. The van der Waals surface area contributed by atoms with Gasteiger partial charge in [-0.05, 0) is 42.8 Å². The maximum atomic E-state index is 12.3. The second-order valence-electron chi connectivity index (χ2n) is 5.30. The fourth-order valence-corrected chi connectivity index (χ4v) is 2.45. The van der Waals surface area contributed by atoms with Gasteiger partial charge in [-0.1, -0.05) is 29.8 Å². The highest BCUT2D eigenvalue weighted by molar-refractivity contribution is 6.31. The predicted octanol–water partition coefficient (Wildman–Crippen LogP) is 4.41. The number of anilines is 1. The number of fused-ring (bicyclic) bond motifs is 1. The number of rotatable bonds is 3. The SMILES string of the molecule is Cc1ccc(Cl)cc1NC(=O)/C=C/c1coc2ccccc2c1=O. The van der Waals surface area contributed by atoms with Crippen LogP contribution in [-0.4, -0.2) is 5.91 Å². The zero-order valence-electron chi connectivity index (χ0n) is 12.9. The van der Waals surface area contributed by atoms with Gasteiger partial charge in [0.1, 0.15) is 11.8 Å². The standard InChI is InChI=1S/C19H14ClNO3/c1-12-6-8-14(20)10-16(12)21-18(22)9-7-13-11-24-17-5-3-2-4-15(17)19(13)23/h2-11H,1H3,(H,21,22)/b9-7+. The highest BCUT2D eigenvalue weighted by atomic mass is 35.5. The van der Waals surface area contributed by atoms with E-state index in [1.165, 1.54) is 18.4 Å². The summed E-state index contributed by atoms with van der Waals surface area (Å²) in [6.45, 7) is 1.87. The second-order valence-corrected chi connectivity index (χ2v) is 5.73. The van der Waals surface area contributed by atoms with Crippen molar-refractivity contribution in [1.82, 2.24) is 0 Å². The summed E-state index contributed by atoms with van der Waals surface area (Å²) in [5.41, 5.74) is 2.17. The molecule has 0 radical (unpaired) electrons. The molecule has 0 saturated carbocycles. The van der Waals surface area contributed by atoms with Crippen LogP contribution in [-0.2, 0) is 4.79 Å². The van der Waals surface area contributed by atoms with E-state index in [0.29, 0.717) is 27.2 Å². The molecule has 0 aliphatic rings. The minimum atomic E-state index is -0.354. The first-order valence-electron chi connectivity index (χ1n) is 7.30. The van der Waals surface area contributed by atoms with Gasteiger partial charge in [0.25, 0.3) is 0 Å². The largest absolute Gasteiger partial charge is 0.463 e. The van der Waals surface area contributed by atoms with Gasteiger partial charge in [0, 0.05) is 16.8 Å². The number of halogens is 1. The van der Waals surface area contributed by atoms with Gasteiger partial charge in [-0.25, -0.2) is 0 Å². The highest BCUT2D eigenvalue weighted by Gasteiger charge is 2.06. The average molecular weight is 340 g/mol. The van der Waals surface area contributed by atoms with E-state index in [2.05, 4.69) is 5.32 Å². The molecule has 0 fully saturated rings. The minimum Gasteiger partial charge on any atom is -0.463 e. The normalized spacial score (nSPS) is 11.1. The molecule has 0 spiro atoms. The summed E-state index contributed by atoms with van der Waals surface area (Å²) in [6, 6.07) is 12.2. The smallest absolute Gasteiger partial charge is 0.248 e. The third kappa shape index (κ3) is 3.39. The molecule has 2 aromatic carbocycles. The Morgan fingerprint density at radius 2 is 2.00 bits per heavy atom. The number of carbonyl (C=O) groups is 1. The molecule has 4 nitrogen and oxygen atoms in total. The first-order chi connectivity index (χ1) is 11.5. The predicted molar refractivity (Wildman–Crippen MR) is 96.3 cm³/mol. The lowest BCUT2D eigenvalue weighted by Gasteiger charge is -2.06. The zero-order chi connectivity index (χ0) is 17.1. The van der Waals surface area contributed by atoms with Gasteiger partial charge in [-0.15, -0.1) is 0 Å². The molecular weight excluding hydrogens is 326 g/mol. The van der Waals surface area contributed by atoms with E-state index in [9.17, 15) is 9.59 Å². The van der Waals surface area contributed by atoms with Crippen molar-refractivity contribution in [2.75, 3.05) is 5.32 Å². The van der Waals surface area contributed by atoms with E-state index in [4.69, 9.17) is 16.0 Å². The average Bonchev–Trinajstić information content (AvgIpc) is 2.58. The molecule has 0 bridgehead atoms. The van der Waals surface area contributed by atoms with E-state index in [1.54, 1.807) is 36.4 Å². The Morgan fingerprint density at radius 1 is 1.21 bits per heavy atom. The van der Waals surface area contributed by atoms with Crippen LogP contribution in [0.1, 0.15) is 11.1 Å². The fraction of sp³-hybridized carbons (Fsp3) is 0.0526. The van der Waals surface area contributed by atoms with Crippen molar-refractivity contribution in [1.29, 1.82) is 0 Å². The van der Waals surface area contributed by atoms with Gasteiger partial charge < -0.3 is 9.73 Å². The maximum Gasteiger partial charge on any atom is 0.248 e. The summed E-state index contributed by atoms with van der Waals surface area (Å²) >= 11 is 5.93. The fourth-order valence-electron chi connectivity index (χ4n) is 2.28. The van der Waals surface area contributed by atoms with Crippen LogP contribution in [0.5, 0.6) is 0 Å². The molecule has 0 atom stereocenters. The molecule has 0 saturated heterocycles. The van der Waals surface area contributed by atoms with Gasteiger partial charge in [0.05, 0.1) is 10.9 Å². The van der Waals surface area contributed by atoms with Crippen molar-refractivity contribution in [3.8, 4) is 0 Å². The van der Waals surface area contributed by atoms with Crippen LogP contribution in [0.4, 0.5) is 5.69 Å². The van der Waals surface area contributed by atoms with Crippen molar-refractivity contribution in [3.05, 3.63) is 81.2 Å². The quantitative estimate of drug-likeness (QED) is 0.719. The Bertz CT molecular complexity index is 1000. The summed E-state index contributed by atoms with van der Waals surface area (Å²) in [4.78, 5) is 24.4. The van der Waals surface area contributed by atoms with Crippen LogP contribution >= 0.6 is 11.6 Å². The first kappa shape index (κ1) is 16.0. The van der Waals surface area contributed by atoms with Crippen LogP contribution in [0.25, 0.3) is 17.0 Å². The molecule has 0 aliphatic carbocycles. The maximum absolute atomic E-state index is 12.3. The Kier molecular flexibility index (Phi) is 4.49. The van der Waals surface area contributed by atoms with Gasteiger partial charge in [0.2, 0.25) is 5.91 Å². The van der Waals surface area contributed by atoms with E-state index >= 15 is 0 Å². The lowest BCUT2D eigenvalue weighted by Crippen LogP contribution is -2.10. The van der Waals surface area contributed by atoms with Gasteiger partial charge in [0.15, 0.2) is 5.43 Å². The summed E-state index contributed by atoms with van der Waals surface area (Å²) in [5, 5.41) is 3.75. The number of hydrogen-bond acceptors (Lipinski definition) is 3. The van der Waals surface area contributed by atoms with Gasteiger partial charge >= 0.3 is 0 Å². The van der Waals surface area contributed by atoms with Gasteiger partial charge in [-0.3, -0.25) is 9.59 Å². The van der Waals surface area contributed by atoms with Crippen molar-refractivity contribution < 1.29 is 9.21 Å². The Balaban J connectivity index is 1.83. The topological polar surface area (TPSA) is 59.3 Å². The molecule has 3 rings (SSSR count). The van der Waals surface area contributed by atoms with Crippen LogP contribution in [0.2, 0.25) is 5.02 Å². The number of amides is 1. The molecule has 5 heteroatoms. The lowest BCUT2D eigenvalue weighted by molar-refractivity contribution is -0.111. The number of carbonyl (C=O) groups excluding carboxylic acids is 1. The molecular formula is C19H14ClNO3. The zero-order valence-corrected chi connectivity index (χ0v) is 13.6. The number of aryl methyl sites for hydroxylation is 1. The summed E-state index contributed by atoms with van der Waals surface area (Å²) < 4.78 is 5.41. The number of benzene rings is 2. The summed E-state index contributed by atoms with van der Waals surface area (Å²) in [7, 11) is 0. The first-order valence-corrected chi connectivity index (χ1v) is 7.68. The van der Waals surface area contributed by atoms with E-state index in [-0.39, 0.29) is 11.3 Å². The van der Waals surface area contributed by atoms with Crippen molar-refractivity contribution in [3.63, 3.8) is 0 Å². The number of para-hydroxylation sites is 1. The molecule has 1 aromatic heterocycles. The third-order valence-corrected chi connectivity index (χ3v) is 3.81. The van der Waals surface area contributed by atoms with Crippen LogP contribution in [0.15, 0.2) is 64.0 Å². The summed E-state index contributed by atoms with van der Waals surface area (Å²) in [6.07, 6.45) is 4.08. The van der Waals surface area contributed by atoms with Crippen molar-refractivity contribution in [2.24, 2.45) is 0 Å². The number of hydrogen-bond donors (Lipinski definition) is 1. The Morgan fingerprint density at radius 3 is 2.83 bits per heavy atom. The van der Waals surface area contributed by atoms with E-state index in [0.717, 1.165) is 5.56 Å². The van der Waals surface area contributed by atoms with Crippen LogP contribution in [0, 0.1) is 6.92 Å². The Labute approximate surface area is 143 Å². The van der Waals surface area contributed by atoms with Crippen molar-refractivity contribution in [2.45, 2.75) is 6.92 Å². The molecule has 1 heterocycles. The molecule has 1 amide bonds. The highest BCUT2D eigenvalue weighted by Crippen LogP contribution is 2.20. The van der Waals surface area contributed by atoms with Crippen LogP contribution < -0.4 is 10.7 Å². The molecule has 1 N–H and O–H groups in total. The number of nitrogens with one attached hydrogen (secondary N) is 1. The second kappa shape index (κ2) is 6.72. The third-order valence-electron chi connectivity index (χ3n) is 3.58. The van der Waals surface area contributed by atoms with Crippen LogP contribution in [0.3, 0.4) is 0 Å². The van der Waals surface area contributed by atoms with Crippen molar-refractivity contribution >= 4 is 40.2 Å². The Hall–Kier alpha value is -2.85. The molecule has 3 aromatic rings. The monoisotopic (exact) mass is 339 g/mol. The minimum absolute atomic E-state index is 0.181. The van der Waals surface area contributed by atoms with E-state index in [1.807, 2.05) is 13.0 Å². The molecule has 120 valence electrons. The van der Waals surface area contributed by atoms with E-state index < -0.39 is 0 Å². The summed E-state index contributed by atoms with van der Waals surface area (Å²) in [5.74, 6) is -0.354.